The molecule has 1 fully saturated rings. The minimum atomic E-state index is 0.528. The van der Waals surface area contributed by atoms with Crippen molar-refractivity contribution in [2.45, 2.75) is 19.2 Å². The van der Waals surface area contributed by atoms with Gasteiger partial charge >= 0.3 is 0 Å². The van der Waals surface area contributed by atoms with Gasteiger partial charge in [0.25, 0.3) is 0 Å². The van der Waals surface area contributed by atoms with Crippen molar-refractivity contribution in [3.63, 3.8) is 0 Å². The average Bonchev–Trinajstić information content (AvgIpc) is 2.62. The molecule has 1 nitrogen and oxygen atoms in total. The SMILES string of the molecule is Cc1cccc(C2NCCS2)c1C. The summed E-state index contributed by atoms with van der Waals surface area (Å²) in [5, 5.41) is 4.03. The maximum absolute atomic E-state index is 3.50. The molecular formula is C11H15NS. The van der Waals surface area contributed by atoms with Gasteiger partial charge in [0.15, 0.2) is 0 Å². The molecule has 0 bridgehead atoms. The summed E-state index contributed by atoms with van der Waals surface area (Å²) in [6, 6.07) is 6.56. The molecule has 0 aliphatic carbocycles. The molecule has 1 aliphatic rings. The number of benzene rings is 1. The van der Waals surface area contributed by atoms with Gasteiger partial charge in [0.1, 0.15) is 0 Å². The molecular weight excluding hydrogens is 178 g/mol. The van der Waals surface area contributed by atoms with Gasteiger partial charge in [0.2, 0.25) is 0 Å². The van der Waals surface area contributed by atoms with Crippen LogP contribution in [0.2, 0.25) is 0 Å². The fourth-order valence-corrected chi connectivity index (χ4v) is 2.83. The van der Waals surface area contributed by atoms with Crippen LogP contribution in [0, 0.1) is 13.8 Å². The zero-order valence-electron chi connectivity index (χ0n) is 8.13. The van der Waals surface area contributed by atoms with Crippen molar-refractivity contribution < 1.29 is 0 Å². The largest absolute Gasteiger partial charge is 0.301 e. The molecule has 1 unspecified atom stereocenters. The minimum absolute atomic E-state index is 0.528. The first-order chi connectivity index (χ1) is 6.29. The van der Waals surface area contributed by atoms with Crippen LogP contribution in [0.1, 0.15) is 22.1 Å². The summed E-state index contributed by atoms with van der Waals surface area (Å²) < 4.78 is 0. The second kappa shape index (κ2) is 3.72. The molecule has 0 radical (unpaired) electrons. The Balaban J connectivity index is 2.33. The highest BCUT2D eigenvalue weighted by Gasteiger charge is 2.18. The van der Waals surface area contributed by atoms with E-state index in [0.29, 0.717) is 5.37 Å². The van der Waals surface area contributed by atoms with Crippen LogP contribution < -0.4 is 5.32 Å². The second-order valence-corrected chi connectivity index (χ2v) is 4.71. The van der Waals surface area contributed by atoms with Crippen LogP contribution >= 0.6 is 11.8 Å². The number of hydrogen-bond acceptors (Lipinski definition) is 2. The summed E-state index contributed by atoms with van der Waals surface area (Å²) in [6.07, 6.45) is 0. The molecule has 0 amide bonds. The Bertz CT molecular complexity index is 303. The molecule has 0 saturated carbocycles. The van der Waals surface area contributed by atoms with Crippen LogP contribution in [0.5, 0.6) is 0 Å². The second-order valence-electron chi connectivity index (χ2n) is 3.49. The topological polar surface area (TPSA) is 12.0 Å². The zero-order valence-corrected chi connectivity index (χ0v) is 8.95. The maximum Gasteiger partial charge on any atom is 0.0792 e. The Hall–Kier alpha value is -0.470. The molecule has 1 N–H and O–H groups in total. The van der Waals surface area contributed by atoms with Crippen LogP contribution in [0.4, 0.5) is 0 Å². The molecule has 0 spiro atoms. The van der Waals surface area contributed by atoms with Gasteiger partial charge in [-0.1, -0.05) is 18.2 Å². The third-order valence-corrected chi connectivity index (χ3v) is 3.84. The highest BCUT2D eigenvalue weighted by Crippen LogP contribution is 2.32. The number of thioether (sulfide) groups is 1. The Morgan fingerprint density at radius 1 is 1.38 bits per heavy atom. The molecule has 1 aromatic carbocycles. The van der Waals surface area contributed by atoms with E-state index < -0.39 is 0 Å². The first-order valence-corrected chi connectivity index (χ1v) is 5.75. The van der Waals surface area contributed by atoms with Gasteiger partial charge < -0.3 is 5.32 Å². The lowest BCUT2D eigenvalue weighted by Gasteiger charge is -2.14. The predicted octanol–water partition coefficient (Wildman–Crippen LogP) is 2.64. The standard InChI is InChI=1S/C11H15NS/c1-8-4-3-5-10(9(8)2)11-12-6-7-13-11/h3-5,11-12H,6-7H2,1-2H3. The molecule has 1 atom stereocenters. The van der Waals surface area contributed by atoms with Gasteiger partial charge in [0, 0.05) is 12.3 Å². The van der Waals surface area contributed by atoms with E-state index in [2.05, 4.69) is 37.4 Å². The van der Waals surface area contributed by atoms with Gasteiger partial charge in [-0.2, -0.15) is 0 Å². The van der Waals surface area contributed by atoms with Crippen molar-refractivity contribution in [3.05, 3.63) is 34.9 Å². The van der Waals surface area contributed by atoms with Crippen molar-refractivity contribution in [1.29, 1.82) is 0 Å². The first kappa shape index (κ1) is 9.10. The van der Waals surface area contributed by atoms with Gasteiger partial charge in [-0.3, -0.25) is 0 Å². The summed E-state index contributed by atoms with van der Waals surface area (Å²) >= 11 is 2.01. The third kappa shape index (κ3) is 1.74. The smallest absolute Gasteiger partial charge is 0.0792 e. The van der Waals surface area contributed by atoms with E-state index in [1.165, 1.54) is 22.4 Å². The van der Waals surface area contributed by atoms with E-state index in [-0.39, 0.29) is 0 Å². The zero-order chi connectivity index (χ0) is 9.26. The molecule has 1 aromatic rings. The lowest BCUT2D eigenvalue weighted by molar-refractivity contribution is 0.746. The molecule has 1 saturated heterocycles. The van der Waals surface area contributed by atoms with Crippen LogP contribution in [0.25, 0.3) is 0 Å². The van der Waals surface area contributed by atoms with Gasteiger partial charge in [0.05, 0.1) is 5.37 Å². The molecule has 70 valence electrons. The molecule has 13 heavy (non-hydrogen) atoms. The van der Waals surface area contributed by atoms with E-state index in [4.69, 9.17) is 0 Å². The molecule has 1 heterocycles. The van der Waals surface area contributed by atoms with Crippen molar-refractivity contribution in [1.82, 2.24) is 5.32 Å². The first-order valence-electron chi connectivity index (χ1n) is 4.70. The van der Waals surface area contributed by atoms with E-state index >= 15 is 0 Å². The van der Waals surface area contributed by atoms with Crippen LogP contribution in [0.3, 0.4) is 0 Å². The van der Waals surface area contributed by atoms with Crippen LogP contribution in [0.15, 0.2) is 18.2 Å². The predicted molar refractivity (Wildman–Crippen MR) is 59.1 cm³/mol. The Morgan fingerprint density at radius 3 is 2.92 bits per heavy atom. The summed E-state index contributed by atoms with van der Waals surface area (Å²) in [5.74, 6) is 1.23. The minimum Gasteiger partial charge on any atom is -0.301 e. The number of nitrogens with one attached hydrogen (secondary N) is 1. The quantitative estimate of drug-likeness (QED) is 0.736. The lowest BCUT2D eigenvalue weighted by Crippen LogP contribution is -2.13. The summed E-state index contributed by atoms with van der Waals surface area (Å²) in [6.45, 7) is 5.53. The van der Waals surface area contributed by atoms with E-state index in [1.54, 1.807) is 0 Å². The normalized spacial score (nSPS) is 22.2. The van der Waals surface area contributed by atoms with Gasteiger partial charge in [-0.05, 0) is 30.5 Å². The van der Waals surface area contributed by atoms with Gasteiger partial charge in [-0.25, -0.2) is 0 Å². The van der Waals surface area contributed by atoms with Crippen LogP contribution in [-0.2, 0) is 0 Å². The van der Waals surface area contributed by atoms with Crippen molar-refractivity contribution in [2.75, 3.05) is 12.3 Å². The summed E-state index contributed by atoms with van der Waals surface area (Å²) in [7, 11) is 0. The van der Waals surface area contributed by atoms with E-state index in [9.17, 15) is 0 Å². The Morgan fingerprint density at radius 2 is 2.23 bits per heavy atom. The molecule has 0 aromatic heterocycles. The van der Waals surface area contributed by atoms with Crippen molar-refractivity contribution in [2.24, 2.45) is 0 Å². The van der Waals surface area contributed by atoms with Crippen molar-refractivity contribution in [3.8, 4) is 0 Å². The monoisotopic (exact) mass is 193 g/mol. The van der Waals surface area contributed by atoms with Crippen molar-refractivity contribution >= 4 is 11.8 Å². The lowest BCUT2D eigenvalue weighted by atomic mass is 10.0. The highest BCUT2D eigenvalue weighted by molar-refractivity contribution is 7.99. The third-order valence-electron chi connectivity index (χ3n) is 2.65. The molecule has 1 aliphatic heterocycles. The number of aryl methyl sites for hydroxylation is 1. The maximum atomic E-state index is 3.50. The average molecular weight is 193 g/mol. The van der Waals surface area contributed by atoms with Crippen LogP contribution in [-0.4, -0.2) is 12.3 Å². The van der Waals surface area contributed by atoms with E-state index in [1.807, 2.05) is 11.8 Å². The number of rotatable bonds is 1. The van der Waals surface area contributed by atoms with E-state index in [0.717, 1.165) is 6.54 Å². The highest BCUT2D eigenvalue weighted by atomic mass is 32.2. The Labute approximate surface area is 83.9 Å². The Kier molecular flexibility index (Phi) is 2.61. The fourth-order valence-electron chi connectivity index (χ4n) is 1.68. The fraction of sp³-hybridized carbons (Fsp3) is 0.455. The van der Waals surface area contributed by atoms with Gasteiger partial charge in [-0.15, -0.1) is 11.8 Å². The number of hydrogen-bond donors (Lipinski definition) is 1. The summed E-state index contributed by atoms with van der Waals surface area (Å²) in [4.78, 5) is 0. The molecule has 2 heteroatoms. The molecule has 2 rings (SSSR count). The summed E-state index contributed by atoms with van der Waals surface area (Å²) in [5.41, 5.74) is 4.30.